The Balaban J connectivity index is 2.76. The third-order valence-electron chi connectivity index (χ3n) is 4.19. The van der Waals surface area contributed by atoms with Crippen molar-refractivity contribution >= 4 is 5.97 Å². The van der Waals surface area contributed by atoms with Gasteiger partial charge in [-0.1, -0.05) is 43.7 Å². The lowest BCUT2D eigenvalue weighted by Gasteiger charge is -2.30. The molecule has 0 heterocycles. The molecule has 0 spiro atoms. The van der Waals surface area contributed by atoms with Gasteiger partial charge in [-0.05, 0) is 31.7 Å². The monoisotopic (exact) mass is 366 g/mol. The van der Waals surface area contributed by atoms with Crippen LogP contribution in [0.15, 0.2) is 24.3 Å². The number of ether oxygens (including phenoxy) is 3. The molecule has 3 atom stereocenters. The van der Waals surface area contributed by atoms with E-state index in [-0.39, 0.29) is 24.4 Å². The predicted molar refractivity (Wildman–Crippen MR) is 102 cm³/mol. The summed E-state index contributed by atoms with van der Waals surface area (Å²) in [5.74, 6) is 0.0915. The first-order valence-electron chi connectivity index (χ1n) is 9.33. The van der Waals surface area contributed by atoms with E-state index in [1.54, 1.807) is 6.92 Å². The first kappa shape index (κ1) is 22.6. The number of carbonyl (C=O) groups is 1. The number of aliphatic hydroxyl groups excluding tert-OH is 1. The molecule has 0 fully saturated rings. The molecule has 0 bridgehead atoms. The molecule has 1 rings (SSSR count). The maximum atomic E-state index is 11.2. The van der Waals surface area contributed by atoms with Gasteiger partial charge in [0, 0.05) is 12.5 Å². The van der Waals surface area contributed by atoms with E-state index < -0.39 is 6.10 Å². The number of methoxy groups -OCH3 is 1. The van der Waals surface area contributed by atoms with Crippen molar-refractivity contribution in [2.24, 2.45) is 11.8 Å². The molecular formula is C21H34O5. The van der Waals surface area contributed by atoms with Gasteiger partial charge in [-0.15, -0.1) is 0 Å². The number of benzene rings is 1. The number of aryl methyl sites for hydroxylation is 1. The first-order chi connectivity index (χ1) is 12.3. The fourth-order valence-electron chi connectivity index (χ4n) is 2.76. The van der Waals surface area contributed by atoms with Crippen molar-refractivity contribution in [2.75, 3.05) is 26.9 Å². The topological polar surface area (TPSA) is 65.0 Å². The summed E-state index contributed by atoms with van der Waals surface area (Å²) in [5, 5.41) is 10.2. The van der Waals surface area contributed by atoms with Crippen LogP contribution >= 0.6 is 0 Å². The second kappa shape index (κ2) is 12.0. The van der Waals surface area contributed by atoms with Crippen LogP contribution in [-0.4, -0.2) is 50.2 Å². The van der Waals surface area contributed by atoms with Gasteiger partial charge in [-0.2, -0.15) is 0 Å². The minimum absolute atomic E-state index is 0.00546. The van der Waals surface area contributed by atoms with Gasteiger partial charge in [0.15, 0.2) is 0 Å². The highest BCUT2D eigenvalue weighted by Gasteiger charge is 2.27. The van der Waals surface area contributed by atoms with Crippen molar-refractivity contribution in [3.8, 4) is 0 Å². The van der Waals surface area contributed by atoms with E-state index in [2.05, 4.69) is 49.8 Å². The SMILES string of the molecule is COC(=O)CCOC[C@H](Cc1ccc(C)cc1)[C@@H](OCC(C)C)[C@H](C)O. The fraction of sp³-hybridized carbons (Fsp3) is 0.667. The van der Waals surface area contributed by atoms with Crippen molar-refractivity contribution < 1.29 is 24.1 Å². The molecule has 5 heteroatoms. The lowest BCUT2D eigenvalue weighted by atomic mass is 9.91. The number of hydrogen-bond acceptors (Lipinski definition) is 5. The standard InChI is InChI=1S/C21H34O5/c1-15(2)13-26-21(17(4)22)19(14-25-11-10-20(23)24-5)12-18-8-6-16(3)7-9-18/h6-9,15,17,19,21-22H,10-14H2,1-5H3/t17-,19-,21-/m0/s1. The molecule has 1 aromatic carbocycles. The van der Waals surface area contributed by atoms with Crippen molar-refractivity contribution in [1.82, 2.24) is 0 Å². The van der Waals surface area contributed by atoms with Gasteiger partial charge in [0.2, 0.25) is 0 Å². The van der Waals surface area contributed by atoms with Crippen LogP contribution in [0.3, 0.4) is 0 Å². The van der Waals surface area contributed by atoms with E-state index in [4.69, 9.17) is 9.47 Å². The molecule has 148 valence electrons. The predicted octanol–water partition coefficient (Wildman–Crippen LogP) is 3.16. The summed E-state index contributed by atoms with van der Waals surface area (Å²) in [6.45, 7) is 9.28. The van der Waals surface area contributed by atoms with Crippen LogP contribution in [0.1, 0.15) is 38.3 Å². The smallest absolute Gasteiger partial charge is 0.307 e. The summed E-state index contributed by atoms with van der Waals surface area (Å²) in [4.78, 5) is 11.2. The highest BCUT2D eigenvalue weighted by atomic mass is 16.5. The van der Waals surface area contributed by atoms with Crippen molar-refractivity contribution in [1.29, 1.82) is 0 Å². The molecule has 0 aromatic heterocycles. The maximum absolute atomic E-state index is 11.2. The Morgan fingerprint density at radius 1 is 1.12 bits per heavy atom. The van der Waals surface area contributed by atoms with E-state index in [0.29, 0.717) is 25.7 Å². The zero-order chi connectivity index (χ0) is 19.5. The number of esters is 1. The summed E-state index contributed by atoms with van der Waals surface area (Å²) in [5.41, 5.74) is 2.39. The molecule has 0 aliphatic rings. The van der Waals surface area contributed by atoms with Gasteiger partial charge in [0.25, 0.3) is 0 Å². The molecule has 1 N–H and O–H groups in total. The van der Waals surface area contributed by atoms with Crippen LogP contribution in [0.4, 0.5) is 0 Å². The maximum Gasteiger partial charge on any atom is 0.307 e. The molecule has 1 aromatic rings. The minimum atomic E-state index is -0.603. The third kappa shape index (κ3) is 8.79. The molecule has 0 aliphatic carbocycles. The second-order valence-corrected chi connectivity index (χ2v) is 7.28. The average Bonchev–Trinajstić information content (AvgIpc) is 2.59. The van der Waals surface area contributed by atoms with E-state index >= 15 is 0 Å². The minimum Gasteiger partial charge on any atom is -0.469 e. The van der Waals surface area contributed by atoms with E-state index in [1.165, 1.54) is 18.2 Å². The molecule has 0 saturated carbocycles. The molecule has 0 unspecified atom stereocenters. The normalized spacial score (nSPS) is 14.9. The summed E-state index contributed by atoms with van der Waals surface area (Å²) in [6, 6.07) is 8.35. The Bertz CT molecular complexity index is 510. The molecular weight excluding hydrogens is 332 g/mol. The van der Waals surface area contributed by atoms with E-state index in [0.717, 1.165) is 6.42 Å². The molecule has 0 aliphatic heterocycles. The lowest BCUT2D eigenvalue weighted by Crippen LogP contribution is -2.39. The molecule has 0 saturated heterocycles. The molecule has 5 nitrogen and oxygen atoms in total. The van der Waals surface area contributed by atoms with Crippen molar-refractivity contribution in [3.05, 3.63) is 35.4 Å². The zero-order valence-electron chi connectivity index (χ0n) is 16.7. The van der Waals surface area contributed by atoms with Gasteiger partial charge >= 0.3 is 5.97 Å². The highest BCUT2D eigenvalue weighted by molar-refractivity contribution is 5.69. The van der Waals surface area contributed by atoms with Gasteiger partial charge in [-0.3, -0.25) is 4.79 Å². The van der Waals surface area contributed by atoms with Crippen LogP contribution in [0.25, 0.3) is 0 Å². The Labute approximate surface area is 157 Å². The summed E-state index contributed by atoms with van der Waals surface area (Å²) in [6.07, 6.45) is 0.0387. The fourth-order valence-corrected chi connectivity index (χ4v) is 2.76. The Morgan fingerprint density at radius 3 is 2.31 bits per heavy atom. The summed E-state index contributed by atoms with van der Waals surface area (Å²) < 4.78 is 16.3. The van der Waals surface area contributed by atoms with Gasteiger partial charge in [-0.25, -0.2) is 0 Å². The lowest BCUT2D eigenvalue weighted by molar-refractivity contribution is -0.142. The Morgan fingerprint density at radius 2 is 1.77 bits per heavy atom. The molecule has 26 heavy (non-hydrogen) atoms. The van der Waals surface area contributed by atoms with E-state index in [1.807, 2.05) is 0 Å². The highest BCUT2D eigenvalue weighted by Crippen LogP contribution is 2.20. The summed E-state index contributed by atoms with van der Waals surface area (Å²) >= 11 is 0. The van der Waals surface area contributed by atoms with Crippen LogP contribution in [0.2, 0.25) is 0 Å². The largest absolute Gasteiger partial charge is 0.469 e. The van der Waals surface area contributed by atoms with E-state index in [9.17, 15) is 9.90 Å². The quantitative estimate of drug-likeness (QED) is 0.455. The third-order valence-corrected chi connectivity index (χ3v) is 4.19. The molecule has 0 amide bonds. The van der Waals surface area contributed by atoms with Crippen molar-refractivity contribution in [2.45, 2.75) is 52.7 Å². The van der Waals surface area contributed by atoms with Gasteiger partial charge < -0.3 is 19.3 Å². The average molecular weight is 366 g/mol. The van der Waals surface area contributed by atoms with Crippen molar-refractivity contribution in [3.63, 3.8) is 0 Å². The number of carbonyl (C=O) groups excluding carboxylic acids is 1. The van der Waals surface area contributed by atoms with Crippen LogP contribution in [-0.2, 0) is 25.4 Å². The number of aliphatic hydroxyl groups is 1. The van der Waals surface area contributed by atoms with Crippen LogP contribution in [0.5, 0.6) is 0 Å². The van der Waals surface area contributed by atoms with Gasteiger partial charge in [0.05, 0.1) is 39.0 Å². The molecule has 0 radical (unpaired) electrons. The first-order valence-corrected chi connectivity index (χ1v) is 9.33. The van der Waals surface area contributed by atoms with Crippen LogP contribution in [0, 0.1) is 18.8 Å². The van der Waals surface area contributed by atoms with Crippen LogP contribution < -0.4 is 0 Å². The number of hydrogen-bond donors (Lipinski definition) is 1. The van der Waals surface area contributed by atoms with Gasteiger partial charge in [0.1, 0.15) is 0 Å². The Hall–Kier alpha value is -1.43. The number of rotatable bonds is 12. The Kier molecular flexibility index (Phi) is 10.5. The second-order valence-electron chi connectivity index (χ2n) is 7.28. The summed E-state index contributed by atoms with van der Waals surface area (Å²) in [7, 11) is 1.37. The zero-order valence-corrected chi connectivity index (χ0v) is 16.7.